The number of likely N-dealkylation sites (tertiary alicyclic amines) is 1. The van der Waals surface area contributed by atoms with E-state index in [0.717, 1.165) is 18.4 Å². The highest BCUT2D eigenvalue weighted by atomic mass is 32.2. The normalized spacial score (nSPS) is 16.7. The monoisotopic (exact) mass is 418 g/mol. The minimum absolute atomic E-state index is 0.127. The molecule has 1 fully saturated rings. The van der Waals surface area contributed by atoms with Gasteiger partial charge in [-0.3, -0.25) is 4.79 Å². The van der Waals surface area contributed by atoms with Gasteiger partial charge in [-0.15, -0.1) is 0 Å². The number of hydrogen-bond donors (Lipinski definition) is 1. The minimum atomic E-state index is -3.55. The van der Waals surface area contributed by atoms with Gasteiger partial charge >= 0.3 is 0 Å². The molecule has 0 bridgehead atoms. The Morgan fingerprint density at radius 3 is 2.48 bits per heavy atom. The molecule has 7 nitrogen and oxygen atoms in total. The van der Waals surface area contributed by atoms with Crippen molar-refractivity contribution >= 4 is 15.9 Å². The van der Waals surface area contributed by atoms with E-state index >= 15 is 0 Å². The quantitative estimate of drug-likeness (QED) is 0.747. The number of sulfonamides is 1. The van der Waals surface area contributed by atoms with Crippen molar-refractivity contribution in [1.29, 1.82) is 0 Å². The van der Waals surface area contributed by atoms with Gasteiger partial charge in [-0.2, -0.15) is 0 Å². The number of rotatable bonds is 7. The van der Waals surface area contributed by atoms with Gasteiger partial charge < -0.3 is 14.4 Å². The van der Waals surface area contributed by atoms with Crippen LogP contribution < -0.4 is 14.2 Å². The molecule has 0 aromatic heterocycles. The fourth-order valence-electron chi connectivity index (χ4n) is 3.65. The van der Waals surface area contributed by atoms with Crippen molar-refractivity contribution in [2.24, 2.45) is 0 Å². The molecule has 0 spiro atoms. The van der Waals surface area contributed by atoms with E-state index in [1.165, 1.54) is 12.1 Å². The lowest BCUT2D eigenvalue weighted by molar-refractivity contribution is 0.0734. The number of carbonyl (C=O) groups excluding carboxylic acids is 1. The third-order valence-electron chi connectivity index (χ3n) is 5.06. The summed E-state index contributed by atoms with van der Waals surface area (Å²) in [7, 11) is -0.337. The van der Waals surface area contributed by atoms with Crippen LogP contribution in [-0.4, -0.2) is 46.5 Å². The molecule has 2 aromatic rings. The van der Waals surface area contributed by atoms with E-state index in [2.05, 4.69) is 4.72 Å². The van der Waals surface area contributed by atoms with Crippen LogP contribution in [0.25, 0.3) is 0 Å². The smallest absolute Gasteiger partial charge is 0.254 e. The van der Waals surface area contributed by atoms with Gasteiger partial charge in [-0.25, -0.2) is 13.1 Å². The SMILES string of the molecule is CCNS(=O)(=O)c1ccc(C(=O)N2CCCC2c2cc(OC)ccc2OC)cc1. The van der Waals surface area contributed by atoms with Crippen LogP contribution in [0.15, 0.2) is 47.4 Å². The number of benzene rings is 2. The highest BCUT2D eigenvalue weighted by Crippen LogP contribution is 2.39. The molecule has 1 N–H and O–H groups in total. The van der Waals surface area contributed by atoms with Crippen LogP contribution in [0, 0.1) is 0 Å². The molecule has 29 heavy (non-hydrogen) atoms. The number of methoxy groups -OCH3 is 2. The average molecular weight is 419 g/mol. The summed E-state index contributed by atoms with van der Waals surface area (Å²) in [5, 5.41) is 0. The summed E-state index contributed by atoms with van der Waals surface area (Å²) < 4.78 is 37.5. The lowest BCUT2D eigenvalue weighted by atomic mass is 10.0. The highest BCUT2D eigenvalue weighted by Gasteiger charge is 2.33. The highest BCUT2D eigenvalue weighted by molar-refractivity contribution is 7.89. The molecule has 2 aromatic carbocycles. The Morgan fingerprint density at radius 2 is 1.86 bits per heavy atom. The van der Waals surface area contributed by atoms with Crippen LogP contribution in [0.4, 0.5) is 0 Å². The Morgan fingerprint density at radius 1 is 1.14 bits per heavy atom. The zero-order chi connectivity index (χ0) is 21.0. The third-order valence-corrected chi connectivity index (χ3v) is 6.62. The molecule has 1 unspecified atom stereocenters. The van der Waals surface area contributed by atoms with E-state index in [1.54, 1.807) is 33.3 Å². The molecular weight excluding hydrogens is 392 g/mol. The van der Waals surface area contributed by atoms with Crippen LogP contribution in [0.1, 0.15) is 41.7 Å². The second-order valence-corrected chi connectivity index (χ2v) is 8.56. The Labute approximate surface area is 171 Å². The van der Waals surface area contributed by atoms with Gasteiger partial charge in [0.2, 0.25) is 10.0 Å². The first kappa shape index (κ1) is 21.1. The van der Waals surface area contributed by atoms with Gasteiger partial charge in [0.1, 0.15) is 11.5 Å². The molecule has 1 heterocycles. The maximum absolute atomic E-state index is 13.2. The minimum Gasteiger partial charge on any atom is -0.497 e. The number of nitrogens with one attached hydrogen (secondary N) is 1. The lowest BCUT2D eigenvalue weighted by Gasteiger charge is -2.27. The summed E-state index contributed by atoms with van der Waals surface area (Å²) >= 11 is 0. The maximum atomic E-state index is 13.2. The first-order valence-corrected chi connectivity index (χ1v) is 11.0. The van der Waals surface area contributed by atoms with E-state index in [-0.39, 0.29) is 16.8 Å². The predicted molar refractivity (Wildman–Crippen MR) is 110 cm³/mol. The molecule has 1 aliphatic rings. The van der Waals surface area contributed by atoms with Crippen molar-refractivity contribution in [1.82, 2.24) is 9.62 Å². The van der Waals surface area contributed by atoms with E-state index in [0.29, 0.717) is 30.2 Å². The number of nitrogens with zero attached hydrogens (tertiary/aromatic N) is 1. The molecular formula is C21H26N2O5S. The first-order chi connectivity index (χ1) is 13.9. The van der Waals surface area contributed by atoms with Crippen molar-refractivity contribution in [3.8, 4) is 11.5 Å². The number of carbonyl (C=O) groups is 1. The molecule has 1 amide bonds. The largest absolute Gasteiger partial charge is 0.497 e. The van der Waals surface area contributed by atoms with Crippen LogP contribution in [-0.2, 0) is 10.0 Å². The van der Waals surface area contributed by atoms with Crippen molar-refractivity contribution < 1.29 is 22.7 Å². The maximum Gasteiger partial charge on any atom is 0.254 e. The van der Waals surface area contributed by atoms with E-state index < -0.39 is 10.0 Å². The summed E-state index contributed by atoms with van der Waals surface area (Å²) in [6.45, 7) is 2.65. The van der Waals surface area contributed by atoms with Crippen LogP contribution >= 0.6 is 0 Å². The second kappa shape index (κ2) is 8.84. The van der Waals surface area contributed by atoms with E-state index in [9.17, 15) is 13.2 Å². The van der Waals surface area contributed by atoms with Gasteiger partial charge in [0, 0.05) is 24.2 Å². The van der Waals surface area contributed by atoms with Gasteiger partial charge in [-0.05, 0) is 55.3 Å². The zero-order valence-corrected chi connectivity index (χ0v) is 17.7. The fourth-order valence-corrected chi connectivity index (χ4v) is 4.69. The lowest BCUT2D eigenvalue weighted by Crippen LogP contribution is -2.31. The van der Waals surface area contributed by atoms with Gasteiger partial charge in [0.25, 0.3) is 5.91 Å². The molecule has 0 radical (unpaired) electrons. The van der Waals surface area contributed by atoms with Crippen LogP contribution in [0.5, 0.6) is 11.5 Å². The van der Waals surface area contributed by atoms with Gasteiger partial charge in [-0.1, -0.05) is 6.92 Å². The van der Waals surface area contributed by atoms with Gasteiger partial charge in [0.15, 0.2) is 0 Å². The summed E-state index contributed by atoms with van der Waals surface area (Å²) in [6.07, 6.45) is 1.70. The number of amides is 1. The molecule has 1 saturated heterocycles. The first-order valence-electron chi connectivity index (χ1n) is 9.54. The number of ether oxygens (including phenoxy) is 2. The summed E-state index contributed by atoms with van der Waals surface area (Å²) in [5.41, 5.74) is 1.36. The molecule has 0 aliphatic carbocycles. The second-order valence-electron chi connectivity index (χ2n) is 6.79. The summed E-state index contributed by atoms with van der Waals surface area (Å²) in [6, 6.07) is 11.5. The Hall–Kier alpha value is -2.58. The van der Waals surface area contributed by atoms with Crippen molar-refractivity contribution in [2.75, 3.05) is 27.3 Å². The summed E-state index contributed by atoms with van der Waals surface area (Å²) in [4.78, 5) is 15.1. The zero-order valence-electron chi connectivity index (χ0n) is 16.8. The topological polar surface area (TPSA) is 84.9 Å². The Kier molecular flexibility index (Phi) is 6.44. The number of hydrogen-bond acceptors (Lipinski definition) is 5. The molecule has 156 valence electrons. The molecule has 3 rings (SSSR count). The van der Waals surface area contributed by atoms with E-state index in [1.807, 2.05) is 23.1 Å². The Balaban J connectivity index is 1.88. The van der Waals surface area contributed by atoms with Crippen LogP contribution in [0.2, 0.25) is 0 Å². The average Bonchev–Trinajstić information content (AvgIpc) is 3.22. The Bertz CT molecular complexity index is 973. The molecule has 1 atom stereocenters. The van der Waals surface area contributed by atoms with Crippen molar-refractivity contribution in [3.05, 3.63) is 53.6 Å². The van der Waals surface area contributed by atoms with Crippen molar-refractivity contribution in [3.63, 3.8) is 0 Å². The van der Waals surface area contributed by atoms with Crippen molar-refractivity contribution in [2.45, 2.75) is 30.7 Å². The molecule has 8 heteroatoms. The van der Waals surface area contributed by atoms with Gasteiger partial charge in [0.05, 0.1) is 25.2 Å². The molecule has 1 aliphatic heterocycles. The fraction of sp³-hybridized carbons (Fsp3) is 0.381. The third kappa shape index (κ3) is 4.38. The predicted octanol–water partition coefficient (Wildman–Crippen LogP) is 2.98. The van der Waals surface area contributed by atoms with E-state index in [4.69, 9.17) is 9.47 Å². The molecule has 0 saturated carbocycles. The summed E-state index contributed by atoms with van der Waals surface area (Å²) in [5.74, 6) is 1.28. The standard InChI is InChI=1S/C21H26N2O5S/c1-4-22-29(25,26)17-10-7-15(8-11-17)21(24)23-13-5-6-19(23)18-14-16(27-2)9-12-20(18)28-3/h7-12,14,19,22H,4-6,13H2,1-3H3. The van der Waals surface area contributed by atoms with Crippen LogP contribution in [0.3, 0.4) is 0 Å².